The number of nitrogens with zero attached hydrogens (tertiary/aromatic N) is 3. The fourth-order valence-corrected chi connectivity index (χ4v) is 3.39. The van der Waals surface area contributed by atoms with Crippen LogP contribution in [0.2, 0.25) is 5.02 Å². The summed E-state index contributed by atoms with van der Waals surface area (Å²) in [7, 11) is 0. The van der Waals surface area contributed by atoms with Gasteiger partial charge in [0.25, 0.3) is 5.91 Å². The van der Waals surface area contributed by atoms with E-state index in [1.54, 1.807) is 52.0 Å². The first-order valence-corrected chi connectivity index (χ1v) is 10.3. The van der Waals surface area contributed by atoms with Crippen LogP contribution in [0, 0.1) is 0 Å². The van der Waals surface area contributed by atoms with E-state index in [1.165, 1.54) is 4.90 Å². The summed E-state index contributed by atoms with van der Waals surface area (Å²) in [4.78, 5) is 28.5. The molecule has 0 radical (unpaired) electrons. The first kappa shape index (κ1) is 23.1. The molecule has 2 rings (SSSR count). The highest BCUT2D eigenvalue weighted by molar-refractivity contribution is 7.80. The zero-order valence-electron chi connectivity index (χ0n) is 17.4. The molecule has 0 aliphatic carbocycles. The van der Waals surface area contributed by atoms with Gasteiger partial charge in [0.1, 0.15) is 5.60 Å². The van der Waals surface area contributed by atoms with Crippen molar-refractivity contribution < 1.29 is 14.3 Å². The Labute approximate surface area is 182 Å². The first-order chi connectivity index (χ1) is 13.5. The van der Waals surface area contributed by atoms with Gasteiger partial charge in [0.05, 0.1) is 11.4 Å². The van der Waals surface area contributed by atoms with E-state index in [0.29, 0.717) is 28.1 Å². The quantitative estimate of drug-likeness (QED) is 0.406. The SMILES string of the molecule is CCCCN1C(=S)N(c2ccc(Cl)cc2)C(=O)C1/C(C)=N/NC(=O)OC(C)(C)C. The summed E-state index contributed by atoms with van der Waals surface area (Å²) in [6.07, 6.45) is 1.14. The smallest absolute Gasteiger partial charge is 0.428 e. The van der Waals surface area contributed by atoms with E-state index in [0.717, 1.165) is 12.8 Å². The number of ether oxygens (including phenoxy) is 1. The Morgan fingerprint density at radius 2 is 1.93 bits per heavy atom. The third-order valence-electron chi connectivity index (χ3n) is 4.16. The predicted molar refractivity (Wildman–Crippen MR) is 119 cm³/mol. The minimum Gasteiger partial charge on any atom is -0.443 e. The molecule has 1 saturated heterocycles. The number of anilines is 1. The number of hydrogen-bond acceptors (Lipinski definition) is 5. The van der Waals surface area contributed by atoms with E-state index in [-0.39, 0.29) is 5.91 Å². The van der Waals surface area contributed by atoms with E-state index in [1.807, 2.05) is 4.90 Å². The number of thiocarbonyl (C=S) groups is 1. The monoisotopic (exact) mass is 438 g/mol. The standard InChI is InChI=1S/C20H27ClN4O3S/c1-6-7-12-24-16(13(2)22-23-18(27)28-20(3,4)5)17(26)25(19(24)29)15-10-8-14(21)9-11-15/h8-11,16H,6-7,12H2,1-5H3,(H,23,27)/b22-13+. The second kappa shape index (κ2) is 9.54. The molecule has 7 nitrogen and oxygen atoms in total. The molecule has 0 saturated carbocycles. The number of hydrogen-bond donors (Lipinski definition) is 1. The van der Waals surface area contributed by atoms with E-state index in [2.05, 4.69) is 17.5 Å². The van der Waals surface area contributed by atoms with Gasteiger partial charge in [0.2, 0.25) is 0 Å². The Hall–Kier alpha value is -2.19. The molecule has 0 spiro atoms. The lowest BCUT2D eigenvalue weighted by Gasteiger charge is -2.24. The number of halogens is 1. The van der Waals surface area contributed by atoms with Crippen molar-refractivity contribution in [2.75, 3.05) is 11.4 Å². The molecule has 1 aliphatic rings. The first-order valence-electron chi connectivity index (χ1n) is 9.48. The van der Waals surface area contributed by atoms with E-state index >= 15 is 0 Å². The molecule has 1 N–H and O–H groups in total. The van der Waals surface area contributed by atoms with Gasteiger partial charge in [-0.2, -0.15) is 5.10 Å². The number of nitrogens with one attached hydrogen (secondary N) is 1. The van der Waals surface area contributed by atoms with Gasteiger partial charge in [-0.05, 0) is 70.6 Å². The Morgan fingerprint density at radius 3 is 2.48 bits per heavy atom. The molecule has 0 bridgehead atoms. The molecule has 158 valence electrons. The average molecular weight is 439 g/mol. The minimum absolute atomic E-state index is 0.222. The molecule has 9 heteroatoms. The van der Waals surface area contributed by atoms with Crippen LogP contribution in [0.25, 0.3) is 0 Å². The van der Waals surface area contributed by atoms with Crippen molar-refractivity contribution in [2.45, 2.75) is 59.1 Å². The maximum absolute atomic E-state index is 13.2. The van der Waals surface area contributed by atoms with Crippen molar-refractivity contribution >= 4 is 52.3 Å². The Kier molecular flexibility index (Phi) is 7.60. The van der Waals surface area contributed by atoms with Gasteiger partial charge >= 0.3 is 6.09 Å². The normalized spacial score (nSPS) is 17.7. The lowest BCUT2D eigenvalue weighted by molar-refractivity contribution is -0.118. The number of benzene rings is 1. The minimum atomic E-state index is -0.695. The van der Waals surface area contributed by atoms with Crippen LogP contribution in [-0.4, -0.2) is 45.9 Å². The van der Waals surface area contributed by atoms with Gasteiger partial charge in [-0.15, -0.1) is 0 Å². The maximum Gasteiger partial charge on any atom is 0.428 e. The number of carbonyl (C=O) groups is 2. The van der Waals surface area contributed by atoms with Crippen LogP contribution in [0.4, 0.5) is 10.5 Å². The van der Waals surface area contributed by atoms with Crippen molar-refractivity contribution in [3.8, 4) is 0 Å². The third-order valence-corrected chi connectivity index (χ3v) is 4.83. The molecular weight excluding hydrogens is 412 g/mol. The zero-order chi connectivity index (χ0) is 21.8. The molecule has 29 heavy (non-hydrogen) atoms. The van der Waals surface area contributed by atoms with Gasteiger partial charge in [-0.1, -0.05) is 24.9 Å². The molecule has 1 atom stereocenters. The van der Waals surface area contributed by atoms with E-state index in [4.69, 9.17) is 28.6 Å². The summed E-state index contributed by atoms with van der Waals surface area (Å²) in [6.45, 7) is 9.65. The predicted octanol–water partition coefficient (Wildman–Crippen LogP) is 4.34. The molecule has 2 amide bonds. The average Bonchev–Trinajstić information content (AvgIpc) is 2.87. The summed E-state index contributed by atoms with van der Waals surface area (Å²) < 4.78 is 5.19. The van der Waals surface area contributed by atoms with Crippen molar-refractivity contribution in [1.82, 2.24) is 10.3 Å². The van der Waals surface area contributed by atoms with Crippen molar-refractivity contribution in [1.29, 1.82) is 0 Å². The zero-order valence-corrected chi connectivity index (χ0v) is 18.9. The van der Waals surface area contributed by atoms with Crippen LogP contribution in [0.15, 0.2) is 29.4 Å². The van der Waals surface area contributed by atoms with E-state index in [9.17, 15) is 9.59 Å². The molecule has 1 aromatic carbocycles. The molecular formula is C20H27ClN4O3S. The second-order valence-corrected chi connectivity index (χ2v) is 8.55. The topological polar surface area (TPSA) is 74.2 Å². The highest BCUT2D eigenvalue weighted by Crippen LogP contribution is 2.27. The van der Waals surface area contributed by atoms with Gasteiger partial charge in [-0.25, -0.2) is 10.2 Å². The fraction of sp³-hybridized carbons (Fsp3) is 0.500. The Morgan fingerprint density at radius 1 is 1.31 bits per heavy atom. The van der Waals surface area contributed by atoms with Crippen LogP contribution in [-0.2, 0) is 9.53 Å². The Bertz CT molecular complexity index is 805. The number of rotatable bonds is 6. The molecule has 1 aromatic rings. The molecule has 1 fully saturated rings. The number of hydrazone groups is 1. The molecule has 1 heterocycles. The lowest BCUT2D eigenvalue weighted by atomic mass is 10.1. The fourth-order valence-electron chi connectivity index (χ4n) is 2.87. The van der Waals surface area contributed by atoms with Crippen molar-refractivity contribution in [2.24, 2.45) is 5.10 Å². The summed E-state index contributed by atoms with van der Waals surface area (Å²) >= 11 is 11.6. The van der Waals surface area contributed by atoms with Crippen LogP contribution in [0.5, 0.6) is 0 Å². The maximum atomic E-state index is 13.2. The summed E-state index contributed by atoms with van der Waals surface area (Å²) in [5.74, 6) is -0.222. The highest BCUT2D eigenvalue weighted by atomic mass is 35.5. The summed E-state index contributed by atoms with van der Waals surface area (Å²) in [6, 6.07) is 6.22. The summed E-state index contributed by atoms with van der Waals surface area (Å²) in [5, 5.41) is 5.08. The van der Waals surface area contributed by atoms with Crippen molar-refractivity contribution in [3.63, 3.8) is 0 Å². The van der Waals surface area contributed by atoms with Gasteiger partial charge in [0, 0.05) is 11.6 Å². The molecule has 0 aromatic heterocycles. The number of unbranched alkanes of at least 4 members (excludes halogenated alkanes) is 1. The largest absolute Gasteiger partial charge is 0.443 e. The second-order valence-electron chi connectivity index (χ2n) is 7.75. The number of amides is 2. The highest BCUT2D eigenvalue weighted by Gasteiger charge is 2.44. The molecule has 1 aliphatic heterocycles. The van der Waals surface area contributed by atoms with E-state index < -0.39 is 17.7 Å². The Balaban J connectivity index is 2.27. The van der Waals surface area contributed by atoms with Crippen LogP contribution in [0.1, 0.15) is 47.5 Å². The molecule has 1 unspecified atom stereocenters. The third kappa shape index (κ3) is 5.90. The van der Waals surface area contributed by atoms with Crippen LogP contribution >= 0.6 is 23.8 Å². The van der Waals surface area contributed by atoms with Gasteiger partial charge in [0.15, 0.2) is 11.2 Å². The number of carbonyl (C=O) groups excluding carboxylic acids is 2. The van der Waals surface area contributed by atoms with Gasteiger partial charge in [-0.3, -0.25) is 9.69 Å². The van der Waals surface area contributed by atoms with Crippen LogP contribution in [0.3, 0.4) is 0 Å². The summed E-state index contributed by atoms with van der Waals surface area (Å²) in [5.41, 5.74) is 2.78. The van der Waals surface area contributed by atoms with Gasteiger partial charge < -0.3 is 9.64 Å². The lowest BCUT2D eigenvalue weighted by Crippen LogP contribution is -2.42. The van der Waals surface area contributed by atoms with Crippen molar-refractivity contribution in [3.05, 3.63) is 29.3 Å². The van der Waals surface area contributed by atoms with Crippen LogP contribution < -0.4 is 10.3 Å².